The van der Waals surface area contributed by atoms with Gasteiger partial charge in [0.15, 0.2) is 5.65 Å². The smallest absolute Gasteiger partial charge is 0.348 e. The molecule has 0 saturated heterocycles. The zero-order valence-electron chi connectivity index (χ0n) is 16.5. The summed E-state index contributed by atoms with van der Waals surface area (Å²) < 4.78 is 77.8. The molecule has 2 aromatic carbocycles. The monoisotopic (exact) mass is 478 g/mol. The molecule has 12 heteroatoms. The summed E-state index contributed by atoms with van der Waals surface area (Å²) in [5.41, 5.74) is -0.0305. The van der Waals surface area contributed by atoms with Crippen molar-refractivity contribution in [3.8, 4) is 0 Å². The van der Waals surface area contributed by atoms with E-state index >= 15 is 0 Å². The van der Waals surface area contributed by atoms with Gasteiger partial charge in [0.2, 0.25) is 9.84 Å². The molecule has 2 N–H and O–H groups in total. The first-order valence-corrected chi connectivity index (χ1v) is 10.8. The van der Waals surface area contributed by atoms with Crippen LogP contribution >= 0.6 is 0 Å². The van der Waals surface area contributed by atoms with Crippen LogP contribution < -0.4 is 5.32 Å². The Bertz CT molecular complexity index is 1450. The SMILES string of the molecule is O=C(NCc1ccc(S(=O)(=O)c2cc(F)cc(C(F)(F)F)c2)cc1)c1cnc2[nH]ncc2c1. The summed E-state index contributed by atoms with van der Waals surface area (Å²) in [4.78, 5) is 15.3. The third-order valence-electron chi connectivity index (χ3n) is 4.75. The number of nitrogens with one attached hydrogen (secondary N) is 2. The number of halogens is 4. The highest BCUT2D eigenvalue weighted by atomic mass is 32.2. The van der Waals surface area contributed by atoms with Gasteiger partial charge in [-0.3, -0.25) is 9.89 Å². The standard InChI is InChI=1S/C21H14F4N4O3S/c22-16-6-15(21(23,24)25)7-18(8-16)33(31,32)17-3-1-12(2-4-17)9-27-20(30)14-5-13-11-28-29-19(13)26-10-14/h1-8,10-11H,9H2,(H,27,30)(H,26,28,29). The molecule has 0 saturated carbocycles. The zero-order valence-corrected chi connectivity index (χ0v) is 17.3. The Morgan fingerprint density at radius 1 is 1.00 bits per heavy atom. The second-order valence-electron chi connectivity index (χ2n) is 7.04. The third-order valence-corrected chi connectivity index (χ3v) is 6.50. The van der Waals surface area contributed by atoms with Crippen LogP contribution in [0.4, 0.5) is 17.6 Å². The topological polar surface area (TPSA) is 105 Å². The van der Waals surface area contributed by atoms with Gasteiger partial charge in [-0.2, -0.15) is 18.3 Å². The van der Waals surface area contributed by atoms with Gasteiger partial charge < -0.3 is 5.32 Å². The molecule has 0 bridgehead atoms. The molecular formula is C21H14F4N4O3S. The van der Waals surface area contributed by atoms with Crippen molar-refractivity contribution in [2.24, 2.45) is 0 Å². The van der Waals surface area contributed by atoms with Gasteiger partial charge in [0, 0.05) is 18.1 Å². The second kappa shape index (κ2) is 8.28. The van der Waals surface area contributed by atoms with E-state index in [1.54, 1.807) is 6.07 Å². The lowest BCUT2D eigenvalue weighted by atomic mass is 10.2. The van der Waals surface area contributed by atoms with E-state index in [0.717, 1.165) is 0 Å². The normalized spacial score (nSPS) is 12.1. The quantitative estimate of drug-likeness (QED) is 0.424. The average molecular weight is 478 g/mol. The number of benzene rings is 2. The second-order valence-corrected chi connectivity index (χ2v) is 8.98. The Kier molecular flexibility index (Phi) is 5.62. The molecule has 0 aliphatic carbocycles. The minimum Gasteiger partial charge on any atom is -0.348 e. The van der Waals surface area contributed by atoms with Gasteiger partial charge in [-0.25, -0.2) is 17.8 Å². The number of fused-ring (bicyclic) bond motifs is 1. The number of hydrogen-bond acceptors (Lipinski definition) is 5. The fourth-order valence-electron chi connectivity index (χ4n) is 3.05. The van der Waals surface area contributed by atoms with Crippen molar-refractivity contribution in [2.45, 2.75) is 22.5 Å². The summed E-state index contributed by atoms with van der Waals surface area (Å²) in [5.74, 6) is -1.73. The van der Waals surface area contributed by atoms with Crippen molar-refractivity contribution >= 4 is 26.8 Å². The lowest BCUT2D eigenvalue weighted by Crippen LogP contribution is -2.22. The molecule has 4 rings (SSSR count). The van der Waals surface area contributed by atoms with E-state index in [-0.39, 0.29) is 17.5 Å². The van der Waals surface area contributed by atoms with Crippen molar-refractivity contribution in [1.29, 1.82) is 0 Å². The number of sulfone groups is 1. The van der Waals surface area contributed by atoms with Crippen LogP contribution in [0.2, 0.25) is 0 Å². The fourth-order valence-corrected chi connectivity index (χ4v) is 4.37. The number of amides is 1. The number of pyridine rings is 1. The summed E-state index contributed by atoms with van der Waals surface area (Å²) in [5, 5.41) is 9.81. The van der Waals surface area contributed by atoms with E-state index in [9.17, 15) is 30.8 Å². The van der Waals surface area contributed by atoms with Gasteiger partial charge in [0.1, 0.15) is 5.82 Å². The fraction of sp³-hybridized carbons (Fsp3) is 0.0952. The van der Waals surface area contributed by atoms with Crippen molar-refractivity contribution in [3.63, 3.8) is 0 Å². The molecule has 0 radical (unpaired) electrons. The van der Waals surface area contributed by atoms with Crippen LogP contribution in [0.25, 0.3) is 11.0 Å². The van der Waals surface area contributed by atoms with Gasteiger partial charge in [0.05, 0.1) is 27.1 Å². The number of aromatic nitrogens is 3. The van der Waals surface area contributed by atoms with E-state index in [1.165, 1.54) is 36.7 Å². The predicted molar refractivity (Wildman–Crippen MR) is 108 cm³/mol. The number of rotatable bonds is 5. The number of carbonyl (C=O) groups is 1. The Morgan fingerprint density at radius 2 is 1.73 bits per heavy atom. The van der Waals surface area contributed by atoms with Gasteiger partial charge in [-0.15, -0.1) is 0 Å². The number of nitrogens with zero attached hydrogens (tertiary/aromatic N) is 2. The van der Waals surface area contributed by atoms with Crippen LogP contribution in [0, 0.1) is 5.82 Å². The van der Waals surface area contributed by atoms with Crippen molar-refractivity contribution in [2.75, 3.05) is 0 Å². The predicted octanol–water partition coefficient (Wildman–Crippen LogP) is 3.88. The molecule has 33 heavy (non-hydrogen) atoms. The highest BCUT2D eigenvalue weighted by Crippen LogP contribution is 2.33. The van der Waals surface area contributed by atoms with Crippen molar-refractivity contribution in [3.05, 3.63) is 83.4 Å². The summed E-state index contributed by atoms with van der Waals surface area (Å²) in [7, 11) is -4.40. The van der Waals surface area contributed by atoms with Crippen LogP contribution in [0.15, 0.2) is 70.7 Å². The average Bonchev–Trinajstić information content (AvgIpc) is 3.24. The lowest BCUT2D eigenvalue weighted by Gasteiger charge is -2.11. The Hall–Kier alpha value is -3.80. The molecule has 0 fully saturated rings. The summed E-state index contributed by atoms with van der Waals surface area (Å²) in [6.45, 7) is 0.0563. The van der Waals surface area contributed by atoms with Crippen LogP contribution in [-0.4, -0.2) is 29.5 Å². The highest BCUT2D eigenvalue weighted by molar-refractivity contribution is 7.91. The largest absolute Gasteiger partial charge is 0.416 e. The van der Waals surface area contributed by atoms with E-state index in [0.29, 0.717) is 34.3 Å². The van der Waals surface area contributed by atoms with E-state index in [4.69, 9.17) is 0 Å². The number of H-pyrrole nitrogens is 1. The highest BCUT2D eigenvalue weighted by Gasteiger charge is 2.33. The molecule has 0 spiro atoms. The zero-order chi connectivity index (χ0) is 23.8. The van der Waals surface area contributed by atoms with Crippen molar-refractivity contribution in [1.82, 2.24) is 20.5 Å². The van der Waals surface area contributed by atoms with E-state index in [1.807, 2.05) is 0 Å². The summed E-state index contributed by atoms with van der Waals surface area (Å²) in [6, 6.07) is 7.89. The minimum atomic E-state index is -4.90. The first kappa shape index (κ1) is 22.4. The summed E-state index contributed by atoms with van der Waals surface area (Å²) in [6.07, 6.45) is -2.00. The molecule has 170 valence electrons. The molecule has 2 aromatic heterocycles. The molecule has 0 unspecified atom stereocenters. The van der Waals surface area contributed by atoms with E-state index in [2.05, 4.69) is 20.5 Å². The van der Waals surface area contributed by atoms with Gasteiger partial charge in [-0.05, 0) is 42.0 Å². The van der Waals surface area contributed by atoms with Crippen LogP contribution in [0.5, 0.6) is 0 Å². The molecule has 0 aliphatic rings. The minimum absolute atomic E-state index is 0.0563. The van der Waals surface area contributed by atoms with Gasteiger partial charge in [0.25, 0.3) is 5.91 Å². The molecule has 0 aliphatic heterocycles. The third kappa shape index (κ3) is 4.70. The maximum Gasteiger partial charge on any atom is 0.416 e. The molecule has 7 nitrogen and oxygen atoms in total. The Morgan fingerprint density at radius 3 is 2.42 bits per heavy atom. The first-order chi connectivity index (χ1) is 15.5. The van der Waals surface area contributed by atoms with E-state index < -0.39 is 38.2 Å². The number of hydrogen-bond donors (Lipinski definition) is 2. The maximum absolute atomic E-state index is 13.6. The molecule has 0 atom stereocenters. The Balaban J connectivity index is 1.49. The maximum atomic E-state index is 13.6. The summed E-state index contributed by atoms with van der Waals surface area (Å²) >= 11 is 0. The Labute approximate surface area is 184 Å². The lowest BCUT2D eigenvalue weighted by molar-refractivity contribution is -0.137. The van der Waals surface area contributed by atoms with Crippen LogP contribution in [0.3, 0.4) is 0 Å². The molecule has 2 heterocycles. The number of carbonyl (C=O) groups excluding carboxylic acids is 1. The van der Waals surface area contributed by atoms with Crippen LogP contribution in [0.1, 0.15) is 21.5 Å². The molecular weight excluding hydrogens is 464 g/mol. The number of alkyl halides is 3. The van der Waals surface area contributed by atoms with Crippen LogP contribution in [-0.2, 0) is 22.6 Å². The van der Waals surface area contributed by atoms with Crippen molar-refractivity contribution < 1.29 is 30.8 Å². The van der Waals surface area contributed by atoms with Gasteiger partial charge >= 0.3 is 6.18 Å². The number of aromatic amines is 1. The molecule has 4 aromatic rings. The molecule has 1 amide bonds. The van der Waals surface area contributed by atoms with Gasteiger partial charge in [-0.1, -0.05) is 12.1 Å². The first-order valence-electron chi connectivity index (χ1n) is 9.33.